The maximum Gasteiger partial charge on any atom is 0.284 e. The summed E-state index contributed by atoms with van der Waals surface area (Å²) in [7, 11) is 0. The van der Waals surface area contributed by atoms with E-state index in [4.69, 9.17) is 19.9 Å². The van der Waals surface area contributed by atoms with Crippen molar-refractivity contribution in [1.82, 2.24) is 0 Å². The molecule has 4 heteroatoms. The molecule has 76 valence electrons. The van der Waals surface area contributed by atoms with Gasteiger partial charge in [-0.25, -0.2) is 0 Å². The summed E-state index contributed by atoms with van der Waals surface area (Å²) in [4.78, 5) is 0. The third-order valence-electron chi connectivity index (χ3n) is 2.49. The largest absolute Gasteiger partial charge is 0.328 e. The maximum atomic E-state index is 5.69. The van der Waals surface area contributed by atoms with Crippen LogP contribution >= 0.6 is 0 Å². The first-order chi connectivity index (χ1) is 6.04. The molecule has 2 bridgehead atoms. The number of nitrogens with two attached hydrogens (primary N) is 1. The molecule has 3 aliphatic heterocycles. The average molecular weight is 187 g/mol. The van der Waals surface area contributed by atoms with Gasteiger partial charge in [0.25, 0.3) is 5.97 Å². The Bertz CT molecular complexity index is 181. The minimum atomic E-state index is -0.841. The fraction of sp³-hybridized carbons (Fsp3) is 1.00. The van der Waals surface area contributed by atoms with Gasteiger partial charge in [-0.15, -0.1) is 0 Å². The van der Waals surface area contributed by atoms with E-state index in [1.54, 1.807) is 0 Å². The molecule has 1 atom stereocenters. The quantitative estimate of drug-likeness (QED) is 0.682. The van der Waals surface area contributed by atoms with Crippen LogP contribution in [0.3, 0.4) is 0 Å². The Hall–Kier alpha value is -0.160. The third kappa shape index (κ3) is 1.72. The minimum absolute atomic E-state index is 0.0301. The van der Waals surface area contributed by atoms with E-state index in [2.05, 4.69) is 6.92 Å². The van der Waals surface area contributed by atoms with Gasteiger partial charge in [0.1, 0.15) is 0 Å². The number of hydrogen-bond donors (Lipinski definition) is 1. The molecule has 3 heterocycles. The predicted octanol–water partition coefficient (Wildman–Crippen LogP) is 0.461. The van der Waals surface area contributed by atoms with Crippen molar-refractivity contribution in [3.8, 4) is 0 Å². The number of hydrogen-bond acceptors (Lipinski definition) is 4. The van der Waals surface area contributed by atoms with E-state index in [0.29, 0.717) is 26.2 Å². The first-order valence-corrected chi connectivity index (χ1v) is 4.71. The molecule has 2 N–H and O–H groups in total. The molecular weight excluding hydrogens is 170 g/mol. The summed E-state index contributed by atoms with van der Waals surface area (Å²) in [6, 6.07) is 0.0301. The second-order valence-corrected chi connectivity index (χ2v) is 4.54. The summed E-state index contributed by atoms with van der Waals surface area (Å²) in [5.41, 5.74) is 5.74. The molecule has 3 saturated heterocycles. The van der Waals surface area contributed by atoms with Crippen LogP contribution in [0.2, 0.25) is 0 Å². The topological polar surface area (TPSA) is 53.7 Å². The van der Waals surface area contributed by atoms with Gasteiger partial charge in [0.2, 0.25) is 0 Å². The van der Waals surface area contributed by atoms with Gasteiger partial charge < -0.3 is 19.9 Å². The lowest BCUT2D eigenvalue weighted by atomic mass is 9.91. The summed E-state index contributed by atoms with van der Waals surface area (Å²) < 4.78 is 16.7. The second-order valence-electron chi connectivity index (χ2n) is 4.54. The molecule has 0 aromatic heterocycles. The van der Waals surface area contributed by atoms with Crippen molar-refractivity contribution in [2.45, 2.75) is 32.3 Å². The zero-order valence-electron chi connectivity index (χ0n) is 8.21. The molecule has 3 aliphatic rings. The highest BCUT2D eigenvalue weighted by atomic mass is 16.9. The van der Waals surface area contributed by atoms with Gasteiger partial charge in [-0.3, -0.25) is 0 Å². The fourth-order valence-electron chi connectivity index (χ4n) is 1.67. The Morgan fingerprint density at radius 1 is 1.23 bits per heavy atom. The molecule has 0 saturated carbocycles. The molecule has 0 amide bonds. The fourth-order valence-corrected chi connectivity index (χ4v) is 1.67. The monoisotopic (exact) mass is 187 g/mol. The van der Waals surface area contributed by atoms with Gasteiger partial charge in [-0.1, -0.05) is 6.92 Å². The lowest BCUT2D eigenvalue weighted by molar-refractivity contribution is -0.468. The zero-order chi connectivity index (χ0) is 9.53. The van der Waals surface area contributed by atoms with E-state index >= 15 is 0 Å². The van der Waals surface area contributed by atoms with E-state index in [0.717, 1.165) is 0 Å². The molecular formula is C9H17NO3. The summed E-state index contributed by atoms with van der Waals surface area (Å²) in [5, 5.41) is 0. The highest BCUT2D eigenvalue weighted by molar-refractivity contribution is 4.85. The smallest absolute Gasteiger partial charge is 0.284 e. The van der Waals surface area contributed by atoms with Crippen LogP contribution in [0.4, 0.5) is 0 Å². The van der Waals surface area contributed by atoms with Gasteiger partial charge in [0, 0.05) is 17.9 Å². The lowest BCUT2D eigenvalue weighted by Crippen LogP contribution is -2.60. The van der Waals surface area contributed by atoms with Gasteiger partial charge in [0.05, 0.1) is 19.8 Å². The predicted molar refractivity (Wildman–Crippen MR) is 47.0 cm³/mol. The van der Waals surface area contributed by atoms with E-state index in [-0.39, 0.29) is 11.5 Å². The van der Waals surface area contributed by atoms with Crippen LogP contribution in [-0.4, -0.2) is 31.8 Å². The van der Waals surface area contributed by atoms with Crippen LogP contribution in [0.5, 0.6) is 0 Å². The van der Waals surface area contributed by atoms with Crippen LogP contribution in [0.25, 0.3) is 0 Å². The molecule has 4 nitrogen and oxygen atoms in total. The van der Waals surface area contributed by atoms with E-state index in [9.17, 15) is 0 Å². The minimum Gasteiger partial charge on any atom is -0.328 e. The normalized spacial score (nSPS) is 46.4. The molecule has 0 aromatic carbocycles. The first-order valence-electron chi connectivity index (χ1n) is 4.71. The molecule has 1 unspecified atom stereocenters. The molecule has 3 fully saturated rings. The lowest BCUT2D eigenvalue weighted by Gasteiger charge is -2.50. The van der Waals surface area contributed by atoms with E-state index in [1.165, 1.54) is 0 Å². The summed E-state index contributed by atoms with van der Waals surface area (Å²) in [6.45, 7) is 6.15. The van der Waals surface area contributed by atoms with Crippen molar-refractivity contribution >= 4 is 0 Å². The SMILES string of the molecule is CC(N)CC12OCC(C)(CO1)CO2. The Morgan fingerprint density at radius 2 is 1.69 bits per heavy atom. The van der Waals surface area contributed by atoms with Crippen molar-refractivity contribution in [3.63, 3.8) is 0 Å². The summed E-state index contributed by atoms with van der Waals surface area (Å²) in [6.07, 6.45) is 0.600. The van der Waals surface area contributed by atoms with Crippen molar-refractivity contribution in [2.24, 2.45) is 11.1 Å². The highest BCUT2D eigenvalue weighted by Crippen LogP contribution is 2.39. The highest BCUT2D eigenvalue weighted by Gasteiger charge is 2.50. The van der Waals surface area contributed by atoms with Crippen LogP contribution < -0.4 is 5.73 Å². The van der Waals surface area contributed by atoms with Crippen molar-refractivity contribution in [3.05, 3.63) is 0 Å². The Morgan fingerprint density at radius 3 is 2.08 bits per heavy atom. The van der Waals surface area contributed by atoms with Crippen molar-refractivity contribution < 1.29 is 14.2 Å². The Balaban J connectivity index is 2.03. The third-order valence-corrected chi connectivity index (χ3v) is 2.49. The average Bonchev–Trinajstić information content (AvgIpc) is 2.07. The maximum absolute atomic E-state index is 5.69. The summed E-state index contributed by atoms with van der Waals surface area (Å²) >= 11 is 0. The van der Waals surface area contributed by atoms with Crippen LogP contribution in [-0.2, 0) is 14.2 Å². The molecule has 0 radical (unpaired) electrons. The zero-order valence-corrected chi connectivity index (χ0v) is 8.21. The van der Waals surface area contributed by atoms with Crippen LogP contribution in [0.15, 0.2) is 0 Å². The van der Waals surface area contributed by atoms with Gasteiger partial charge in [0.15, 0.2) is 0 Å². The second kappa shape index (κ2) is 2.92. The molecule has 0 spiro atoms. The van der Waals surface area contributed by atoms with Gasteiger partial charge >= 0.3 is 0 Å². The number of fused-ring (bicyclic) bond motifs is 3. The number of rotatable bonds is 2. The van der Waals surface area contributed by atoms with Crippen LogP contribution in [0, 0.1) is 5.41 Å². The first kappa shape index (κ1) is 9.40. The van der Waals surface area contributed by atoms with Crippen LogP contribution in [0.1, 0.15) is 20.3 Å². The van der Waals surface area contributed by atoms with E-state index in [1.807, 2.05) is 6.92 Å². The summed E-state index contributed by atoms with van der Waals surface area (Å²) in [5.74, 6) is -0.841. The van der Waals surface area contributed by atoms with Crippen molar-refractivity contribution in [2.75, 3.05) is 19.8 Å². The van der Waals surface area contributed by atoms with Gasteiger partial charge in [-0.2, -0.15) is 0 Å². The standard InChI is InChI=1S/C9H17NO3/c1-7(10)3-9-11-4-8(2,5-12-9)6-13-9/h7H,3-6,10H2,1-2H3. The van der Waals surface area contributed by atoms with E-state index < -0.39 is 5.97 Å². The number of ether oxygens (including phenoxy) is 3. The van der Waals surface area contributed by atoms with Gasteiger partial charge in [-0.05, 0) is 6.92 Å². The molecule has 3 rings (SSSR count). The molecule has 0 aliphatic carbocycles. The Kier molecular flexibility index (Phi) is 2.11. The Labute approximate surface area is 78.3 Å². The molecule has 0 aromatic rings. The van der Waals surface area contributed by atoms with Crippen molar-refractivity contribution in [1.29, 1.82) is 0 Å². The molecule has 13 heavy (non-hydrogen) atoms.